The molecule has 0 aliphatic carbocycles. The lowest BCUT2D eigenvalue weighted by Crippen LogP contribution is -2.39. The van der Waals surface area contributed by atoms with Crippen LogP contribution in [0.3, 0.4) is 0 Å². The molecule has 1 aromatic carbocycles. The minimum absolute atomic E-state index is 0.0637. The summed E-state index contributed by atoms with van der Waals surface area (Å²) < 4.78 is 13.7. The Morgan fingerprint density at radius 3 is 2.78 bits per heavy atom. The summed E-state index contributed by atoms with van der Waals surface area (Å²) in [6, 6.07) is 7.64. The van der Waals surface area contributed by atoms with Crippen LogP contribution >= 0.6 is 0 Å². The molecule has 1 aliphatic heterocycles. The Labute approximate surface area is 109 Å². The van der Waals surface area contributed by atoms with Crippen LogP contribution in [0.1, 0.15) is 31.7 Å². The first-order valence-corrected chi connectivity index (χ1v) is 6.93. The Morgan fingerprint density at radius 2 is 2.11 bits per heavy atom. The van der Waals surface area contributed by atoms with Gasteiger partial charge < -0.3 is 0 Å². The second kappa shape index (κ2) is 6.69. The van der Waals surface area contributed by atoms with Gasteiger partial charge in [-0.2, -0.15) is 0 Å². The largest absolute Gasteiger partial charge is 0.296 e. The lowest BCUT2D eigenvalue weighted by atomic mass is 9.99. The molecule has 0 aromatic heterocycles. The molecule has 2 heteroatoms. The Hall–Kier alpha value is -1.15. The van der Waals surface area contributed by atoms with Gasteiger partial charge in [-0.25, -0.2) is 4.39 Å². The maximum absolute atomic E-state index is 13.7. The van der Waals surface area contributed by atoms with E-state index in [4.69, 9.17) is 0 Å². The second-order valence-corrected chi connectivity index (χ2v) is 4.99. The van der Waals surface area contributed by atoms with Gasteiger partial charge in [-0.05, 0) is 30.9 Å². The molecule has 2 rings (SSSR count). The molecule has 1 unspecified atom stereocenters. The van der Waals surface area contributed by atoms with Gasteiger partial charge in [0.25, 0.3) is 0 Å². The highest BCUT2D eigenvalue weighted by molar-refractivity contribution is 5.18. The van der Waals surface area contributed by atoms with E-state index >= 15 is 0 Å². The van der Waals surface area contributed by atoms with E-state index in [1.807, 2.05) is 12.1 Å². The summed E-state index contributed by atoms with van der Waals surface area (Å²) in [6.07, 6.45) is 8.71. The molecule has 0 saturated heterocycles. The fourth-order valence-corrected chi connectivity index (χ4v) is 2.66. The molecule has 0 bridgehead atoms. The number of benzene rings is 1. The van der Waals surface area contributed by atoms with Crippen LogP contribution in [0, 0.1) is 5.82 Å². The summed E-state index contributed by atoms with van der Waals surface area (Å²) in [5, 5.41) is 0. The lowest BCUT2D eigenvalue weighted by Gasteiger charge is -2.32. The molecule has 18 heavy (non-hydrogen) atoms. The van der Waals surface area contributed by atoms with Gasteiger partial charge in [0.1, 0.15) is 5.82 Å². The summed E-state index contributed by atoms with van der Waals surface area (Å²) in [6.45, 7) is 4.32. The standard InChI is InChI=1S/C16H22FN/c1-2-8-15(18-11-6-3-7-12-18)13-14-9-4-5-10-16(14)17/h3-6,9-10,15H,2,7-8,11-13H2,1H3. The molecule has 1 heterocycles. The van der Waals surface area contributed by atoms with E-state index in [2.05, 4.69) is 24.0 Å². The summed E-state index contributed by atoms with van der Waals surface area (Å²) in [5.74, 6) is -0.0637. The fraction of sp³-hybridized carbons (Fsp3) is 0.500. The Balaban J connectivity index is 2.06. The van der Waals surface area contributed by atoms with Crippen molar-refractivity contribution < 1.29 is 4.39 Å². The van der Waals surface area contributed by atoms with Crippen molar-refractivity contribution in [3.05, 3.63) is 47.8 Å². The highest BCUT2D eigenvalue weighted by atomic mass is 19.1. The van der Waals surface area contributed by atoms with Gasteiger partial charge in [-0.3, -0.25) is 4.90 Å². The normalized spacial score (nSPS) is 17.9. The molecular weight excluding hydrogens is 225 g/mol. The van der Waals surface area contributed by atoms with Crippen LogP contribution in [0.5, 0.6) is 0 Å². The summed E-state index contributed by atoms with van der Waals surface area (Å²) >= 11 is 0. The van der Waals surface area contributed by atoms with E-state index in [1.54, 1.807) is 12.1 Å². The number of rotatable bonds is 5. The zero-order valence-corrected chi connectivity index (χ0v) is 11.1. The third-order valence-electron chi connectivity index (χ3n) is 3.64. The van der Waals surface area contributed by atoms with E-state index < -0.39 is 0 Å². The third-order valence-corrected chi connectivity index (χ3v) is 3.64. The topological polar surface area (TPSA) is 3.24 Å². The SMILES string of the molecule is CCCC(Cc1ccccc1F)N1CC=CCC1. The molecule has 98 valence electrons. The van der Waals surface area contributed by atoms with Gasteiger partial charge in [-0.1, -0.05) is 43.7 Å². The lowest BCUT2D eigenvalue weighted by molar-refractivity contribution is 0.199. The van der Waals surface area contributed by atoms with Gasteiger partial charge in [0.2, 0.25) is 0 Å². The molecule has 1 aliphatic rings. The van der Waals surface area contributed by atoms with Gasteiger partial charge in [0, 0.05) is 19.1 Å². The summed E-state index contributed by atoms with van der Waals surface area (Å²) in [7, 11) is 0. The maximum atomic E-state index is 13.7. The number of nitrogens with zero attached hydrogens (tertiary/aromatic N) is 1. The van der Waals surface area contributed by atoms with Gasteiger partial charge in [-0.15, -0.1) is 0 Å². The van der Waals surface area contributed by atoms with Gasteiger partial charge in [0.05, 0.1) is 0 Å². The minimum atomic E-state index is -0.0637. The summed E-state index contributed by atoms with van der Waals surface area (Å²) in [4.78, 5) is 2.48. The number of hydrogen-bond acceptors (Lipinski definition) is 1. The highest BCUT2D eigenvalue weighted by Crippen LogP contribution is 2.18. The van der Waals surface area contributed by atoms with Crippen molar-refractivity contribution in [2.24, 2.45) is 0 Å². The first-order valence-electron chi connectivity index (χ1n) is 6.93. The van der Waals surface area contributed by atoms with Crippen LogP contribution < -0.4 is 0 Å². The van der Waals surface area contributed by atoms with Crippen molar-refractivity contribution in [1.82, 2.24) is 4.90 Å². The van der Waals surface area contributed by atoms with E-state index in [9.17, 15) is 4.39 Å². The van der Waals surface area contributed by atoms with Gasteiger partial charge >= 0.3 is 0 Å². The zero-order valence-electron chi connectivity index (χ0n) is 11.1. The molecule has 1 atom stereocenters. The Kier molecular flexibility index (Phi) is 4.94. The predicted molar refractivity (Wildman–Crippen MR) is 74.1 cm³/mol. The Morgan fingerprint density at radius 1 is 1.28 bits per heavy atom. The van der Waals surface area contributed by atoms with Crippen molar-refractivity contribution in [3.63, 3.8) is 0 Å². The van der Waals surface area contributed by atoms with Crippen LogP contribution in [0.25, 0.3) is 0 Å². The second-order valence-electron chi connectivity index (χ2n) is 4.99. The Bertz CT molecular complexity index is 400. The monoisotopic (exact) mass is 247 g/mol. The molecule has 0 saturated carbocycles. The van der Waals surface area contributed by atoms with Crippen molar-refractivity contribution >= 4 is 0 Å². The van der Waals surface area contributed by atoms with Crippen LogP contribution in [0.4, 0.5) is 4.39 Å². The molecule has 0 spiro atoms. The fourth-order valence-electron chi connectivity index (χ4n) is 2.66. The van der Waals surface area contributed by atoms with Crippen LogP contribution in [0.15, 0.2) is 36.4 Å². The minimum Gasteiger partial charge on any atom is -0.296 e. The first-order chi connectivity index (χ1) is 8.81. The molecule has 1 nitrogen and oxygen atoms in total. The summed E-state index contributed by atoms with van der Waals surface area (Å²) in [5.41, 5.74) is 0.852. The third kappa shape index (κ3) is 3.42. The molecule has 0 N–H and O–H groups in total. The maximum Gasteiger partial charge on any atom is 0.126 e. The average molecular weight is 247 g/mol. The predicted octanol–water partition coefficient (Wildman–Crippen LogP) is 3.80. The number of hydrogen-bond donors (Lipinski definition) is 0. The van der Waals surface area contributed by atoms with Crippen LogP contribution in [0.2, 0.25) is 0 Å². The first kappa shape index (κ1) is 13.3. The van der Waals surface area contributed by atoms with E-state index in [0.717, 1.165) is 44.3 Å². The van der Waals surface area contributed by atoms with Gasteiger partial charge in [0.15, 0.2) is 0 Å². The average Bonchev–Trinajstić information content (AvgIpc) is 2.42. The van der Waals surface area contributed by atoms with E-state index in [0.29, 0.717) is 6.04 Å². The highest BCUT2D eigenvalue weighted by Gasteiger charge is 2.19. The van der Waals surface area contributed by atoms with Crippen molar-refractivity contribution in [2.45, 2.75) is 38.6 Å². The quantitative estimate of drug-likeness (QED) is 0.715. The van der Waals surface area contributed by atoms with E-state index in [1.165, 1.54) is 0 Å². The number of halogens is 1. The van der Waals surface area contributed by atoms with E-state index in [-0.39, 0.29) is 5.82 Å². The molecule has 0 amide bonds. The van der Waals surface area contributed by atoms with Crippen molar-refractivity contribution in [1.29, 1.82) is 0 Å². The zero-order chi connectivity index (χ0) is 12.8. The molecule has 1 aromatic rings. The van der Waals surface area contributed by atoms with Crippen molar-refractivity contribution in [2.75, 3.05) is 13.1 Å². The van der Waals surface area contributed by atoms with Crippen LogP contribution in [-0.4, -0.2) is 24.0 Å². The van der Waals surface area contributed by atoms with Crippen LogP contribution in [-0.2, 0) is 6.42 Å². The smallest absolute Gasteiger partial charge is 0.126 e. The molecule has 0 radical (unpaired) electrons. The molecule has 0 fully saturated rings. The molecular formula is C16H22FN. The van der Waals surface area contributed by atoms with Crippen molar-refractivity contribution in [3.8, 4) is 0 Å².